The maximum Gasteiger partial charge on any atom is 0.257 e. The van der Waals surface area contributed by atoms with E-state index in [9.17, 15) is 27.1 Å². The van der Waals surface area contributed by atoms with Crippen LogP contribution in [0.1, 0.15) is 23.2 Å². The Balaban J connectivity index is 1.92. The summed E-state index contributed by atoms with van der Waals surface area (Å²) in [6.45, 7) is -0.0534. The number of sulfonamides is 1. The van der Waals surface area contributed by atoms with Crippen LogP contribution >= 0.6 is 23.2 Å². The van der Waals surface area contributed by atoms with Gasteiger partial charge in [0.05, 0.1) is 27.1 Å². The van der Waals surface area contributed by atoms with Crippen molar-refractivity contribution in [1.29, 1.82) is 0 Å². The molecule has 1 heterocycles. The van der Waals surface area contributed by atoms with Crippen LogP contribution in [0.15, 0.2) is 35.2 Å². The molecule has 0 aliphatic carbocycles. The number of carbonyl (C=O) groups excluding carboxylic acids is 1. The molecule has 6 nitrogen and oxygen atoms in total. The minimum atomic E-state index is -3.96. The van der Waals surface area contributed by atoms with Crippen LogP contribution in [-0.4, -0.2) is 42.9 Å². The summed E-state index contributed by atoms with van der Waals surface area (Å²) in [7, 11) is -3.96. The van der Waals surface area contributed by atoms with Gasteiger partial charge in [0.15, 0.2) is 11.6 Å². The summed E-state index contributed by atoms with van der Waals surface area (Å²) in [6, 6.07) is 4.84. The van der Waals surface area contributed by atoms with E-state index in [1.54, 1.807) is 0 Å². The van der Waals surface area contributed by atoms with E-state index >= 15 is 0 Å². The zero-order chi connectivity index (χ0) is 21.3. The molecular weight excluding hydrogens is 449 g/mol. The van der Waals surface area contributed by atoms with Crippen LogP contribution in [-0.2, 0) is 10.0 Å². The third-order valence-electron chi connectivity index (χ3n) is 4.56. The number of anilines is 1. The number of hydrogen-bond acceptors (Lipinski definition) is 4. The third kappa shape index (κ3) is 4.39. The Morgan fingerprint density at radius 3 is 2.59 bits per heavy atom. The molecule has 1 saturated heterocycles. The maximum atomic E-state index is 13.5. The van der Waals surface area contributed by atoms with Crippen LogP contribution in [0.4, 0.5) is 14.5 Å². The van der Waals surface area contributed by atoms with E-state index in [4.69, 9.17) is 23.2 Å². The molecule has 11 heteroatoms. The van der Waals surface area contributed by atoms with Crippen LogP contribution < -0.4 is 5.32 Å². The number of halogens is 4. The SMILES string of the molecule is O=C(Nc1cc(F)c(F)c(Cl)c1)c1cc(S(=O)(=O)N2CCCC2CO)ccc1Cl. The average molecular weight is 465 g/mol. The lowest BCUT2D eigenvalue weighted by molar-refractivity contribution is 0.102. The fourth-order valence-electron chi connectivity index (χ4n) is 3.11. The first-order chi connectivity index (χ1) is 13.6. The summed E-state index contributed by atoms with van der Waals surface area (Å²) in [5, 5.41) is 11.2. The zero-order valence-electron chi connectivity index (χ0n) is 14.8. The fourth-order valence-corrected chi connectivity index (χ4v) is 5.23. The van der Waals surface area contributed by atoms with E-state index in [1.807, 2.05) is 0 Å². The highest BCUT2D eigenvalue weighted by molar-refractivity contribution is 7.89. The first-order valence-corrected chi connectivity index (χ1v) is 10.7. The summed E-state index contributed by atoms with van der Waals surface area (Å²) < 4.78 is 53.8. The minimum Gasteiger partial charge on any atom is -0.395 e. The smallest absolute Gasteiger partial charge is 0.257 e. The maximum absolute atomic E-state index is 13.5. The van der Waals surface area contributed by atoms with Gasteiger partial charge in [-0.2, -0.15) is 4.31 Å². The predicted molar refractivity (Wildman–Crippen MR) is 105 cm³/mol. The molecule has 29 heavy (non-hydrogen) atoms. The van der Waals surface area contributed by atoms with Gasteiger partial charge in [0.2, 0.25) is 10.0 Å². The molecule has 156 valence electrons. The molecule has 2 aromatic carbocycles. The van der Waals surface area contributed by atoms with Gasteiger partial charge in [0.25, 0.3) is 5.91 Å². The molecule has 1 amide bonds. The second-order valence-corrected chi connectivity index (χ2v) is 9.15. The van der Waals surface area contributed by atoms with E-state index in [-0.39, 0.29) is 34.3 Å². The number of aliphatic hydroxyl groups excluding tert-OH is 1. The summed E-state index contributed by atoms with van der Waals surface area (Å²) in [4.78, 5) is 12.4. The van der Waals surface area contributed by atoms with Gasteiger partial charge >= 0.3 is 0 Å². The zero-order valence-corrected chi connectivity index (χ0v) is 17.2. The van der Waals surface area contributed by atoms with Crippen molar-refractivity contribution in [3.8, 4) is 0 Å². The lowest BCUT2D eigenvalue weighted by Crippen LogP contribution is -2.37. The summed E-state index contributed by atoms with van der Waals surface area (Å²) >= 11 is 11.6. The number of amides is 1. The molecule has 0 bridgehead atoms. The molecule has 1 aliphatic heterocycles. The van der Waals surface area contributed by atoms with Gasteiger partial charge in [-0.05, 0) is 37.1 Å². The van der Waals surface area contributed by atoms with Gasteiger partial charge in [-0.3, -0.25) is 4.79 Å². The van der Waals surface area contributed by atoms with E-state index in [1.165, 1.54) is 16.4 Å². The lowest BCUT2D eigenvalue weighted by atomic mass is 10.2. The molecular formula is C18H16Cl2F2N2O4S. The van der Waals surface area contributed by atoms with Gasteiger partial charge in [-0.15, -0.1) is 0 Å². The van der Waals surface area contributed by atoms with Crippen molar-refractivity contribution in [2.24, 2.45) is 0 Å². The van der Waals surface area contributed by atoms with Crippen LogP contribution in [0, 0.1) is 11.6 Å². The molecule has 0 spiro atoms. The summed E-state index contributed by atoms with van der Waals surface area (Å²) in [5.41, 5.74) is -0.295. The monoisotopic (exact) mass is 464 g/mol. The van der Waals surface area contributed by atoms with Crippen molar-refractivity contribution in [3.05, 3.63) is 57.6 Å². The Labute approximate surface area is 176 Å². The van der Waals surface area contributed by atoms with Crippen molar-refractivity contribution < 1.29 is 27.1 Å². The standard InChI is InChI=1S/C18H16Cl2F2N2O4S/c19-14-4-3-12(29(27,28)24-5-1-2-11(24)9-25)8-13(14)18(26)23-10-6-15(20)17(22)16(21)7-10/h3-4,6-8,11,25H,1-2,5,9H2,(H,23,26). The Morgan fingerprint density at radius 2 is 1.93 bits per heavy atom. The minimum absolute atomic E-state index is 0.0322. The number of nitrogens with one attached hydrogen (secondary N) is 1. The Bertz CT molecular complexity index is 1040. The van der Waals surface area contributed by atoms with Crippen molar-refractivity contribution >= 4 is 44.8 Å². The van der Waals surface area contributed by atoms with Crippen molar-refractivity contribution in [1.82, 2.24) is 4.31 Å². The van der Waals surface area contributed by atoms with Gasteiger partial charge < -0.3 is 10.4 Å². The number of carbonyl (C=O) groups is 1. The number of nitrogens with zero attached hydrogens (tertiary/aromatic N) is 1. The molecule has 1 aliphatic rings. The number of rotatable bonds is 5. The van der Waals surface area contributed by atoms with Crippen LogP contribution in [0.25, 0.3) is 0 Å². The van der Waals surface area contributed by atoms with E-state index in [2.05, 4.69) is 5.32 Å². The van der Waals surface area contributed by atoms with Crippen molar-refractivity contribution in [2.45, 2.75) is 23.8 Å². The molecule has 1 unspecified atom stereocenters. The topological polar surface area (TPSA) is 86.7 Å². The summed E-state index contributed by atoms with van der Waals surface area (Å²) in [5.74, 6) is -3.33. The average Bonchev–Trinajstić information content (AvgIpc) is 3.16. The number of aliphatic hydroxyl groups is 1. The van der Waals surface area contributed by atoms with E-state index in [0.29, 0.717) is 12.8 Å². The molecule has 0 aromatic heterocycles. The Kier molecular flexibility index (Phi) is 6.45. The molecule has 1 atom stereocenters. The highest BCUT2D eigenvalue weighted by Crippen LogP contribution is 2.29. The molecule has 1 fully saturated rings. The number of hydrogen-bond donors (Lipinski definition) is 2. The van der Waals surface area contributed by atoms with Gasteiger partial charge in [0, 0.05) is 24.3 Å². The first-order valence-electron chi connectivity index (χ1n) is 8.53. The van der Waals surface area contributed by atoms with Crippen LogP contribution in [0.2, 0.25) is 10.0 Å². The normalized spacial score (nSPS) is 17.5. The Hall–Kier alpha value is -1.78. The van der Waals surface area contributed by atoms with Crippen molar-refractivity contribution in [3.63, 3.8) is 0 Å². The number of benzene rings is 2. The van der Waals surface area contributed by atoms with Gasteiger partial charge in [-0.25, -0.2) is 17.2 Å². The third-order valence-corrected chi connectivity index (χ3v) is 7.12. The van der Waals surface area contributed by atoms with Gasteiger partial charge in [0.1, 0.15) is 0 Å². The second kappa shape index (κ2) is 8.53. The van der Waals surface area contributed by atoms with Crippen molar-refractivity contribution in [2.75, 3.05) is 18.5 Å². The molecule has 0 saturated carbocycles. The predicted octanol–water partition coefficient (Wildman–Crippen LogP) is 3.67. The van der Waals surface area contributed by atoms with E-state index < -0.39 is 38.6 Å². The fraction of sp³-hybridized carbons (Fsp3) is 0.278. The van der Waals surface area contributed by atoms with E-state index in [0.717, 1.165) is 18.2 Å². The largest absolute Gasteiger partial charge is 0.395 e. The molecule has 3 rings (SSSR count). The summed E-state index contributed by atoms with van der Waals surface area (Å²) in [6.07, 6.45) is 1.15. The van der Waals surface area contributed by atoms with Crippen LogP contribution in [0.3, 0.4) is 0 Å². The van der Waals surface area contributed by atoms with Crippen LogP contribution in [0.5, 0.6) is 0 Å². The molecule has 2 aromatic rings. The second-order valence-electron chi connectivity index (χ2n) is 6.44. The molecule has 2 N–H and O–H groups in total. The highest BCUT2D eigenvalue weighted by Gasteiger charge is 2.35. The Morgan fingerprint density at radius 1 is 1.21 bits per heavy atom. The highest BCUT2D eigenvalue weighted by atomic mass is 35.5. The lowest BCUT2D eigenvalue weighted by Gasteiger charge is -2.22. The molecule has 0 radical (unpaired) electrons. The first kappa shape index (κ1) is 21.9. The quantitative estimate of drug-likeness (QED) is 0.660. The van der Waals surface area contributed by atoms with Gasteiger partial charge in [-0.1, -0.05) is 23.2 Å².